The number of nitrogens with one attached hydrogen (secondary N) is 1. The van der Waals surface area contributed by atoms with Crippen LogP contribution in [-0.4, -0.2) is 46.3 Å². The maximum Gasteiger partial charge on any atom is 0.247 e. The number of hydrogen-bond acceptors (Lipinski definition) is 3. The highest BCUT2D eigenvalue weighted by Crippen LogP contribution is 2.12. The molecule has 2 heterocycles. The quantitative estimate of drug-likeness (QED) is 0.781. The molecule has 0 aliphatic carbocycles. The zero-order valence-electron chi connectivity index (χ0n) is 9.76. The van der Waals surface area contributed by atoms with Crippen molar-refractivity contribution in [2.75, 3.05) is 19.6 Å². The minimum atomic E-state index is -0.212. The summed E-state index contributed by atoms with van der Waals surface area (Å²) in [6.07, 6.45) is 3.53. The van der Waals surface area contributed by atoms with E-state index >= 15 is 0 Å². The second kappa shape index (κ2) is 4.65. The molecule has 2 atom stereocenters. The van der Waals surface area contributed by atoms with Gasteiger partial charge in [-0.2, -0.15) is 5.10 Å². The van der Waals surface area contributed by atoms with Gasteiger partial charge in [0, 0.05) is 38.1 Å². The van der Waals surface area contributed by atoms with E-state index in [9.17, 15) is 4.79 Å². The lowest BCUT2D eigenvalue weighted by molar-refractivity contribution is -0.137. The molecule has 2 unspecified atom stereocenters. The van der Waals surface area contributed by atoms with Crippen molar-refractivity contribution in [3.05, 3.63) is 18.5 Å². The first-order chi connectivity index (χ1) is 7.70. The topological polar surface area (TPSA) is 50.2 Å². The molecule has 0 aromatic carbocycles. The number of carbonyl (C=O) groups excluding carboxylic acids is 1. The molecule has 1 aliphatic rings. The molecule has 2 rings (SSSR count). The van der Waals surface area contributed by atoms with Gasteiger partial charge in [0.1, 0.15) is 6.04 Å². The van der Waals surface area contributed by atoms with Gasteiger partial charge in [0.2, 0.25) is 5.91 Å². The van der Waals surface area contributed by atoms with E-state index in [1.165, 1.54) is 0 Å². The minimum absolute atomic E-state index is 0.151. The molecule has 1 aromatic heterocycles. The van der Waals surface area contributed by atoms with Gasteiger partial charge >= 0.3 is 0 Å². The third-order valence-electron chi connectivity index (χ3n) is 3.06. The molecule has 1 fully saturated rings. The molecule has 5 heteroatoms. The number of aromatic nitrogens is 2. The van der Waals surface area contributed by atoms with Crippen LogP contribution in [0.15, 0.2) is 18.5 Å². The van der Waals surface area contributed by atoms with Gasteiger partial charge in [0.25, 0.3) is 0 Å². The minimum Gasteiger partial charge on any atom is -0.336 e. The molecular weight excluding hydrogens is 204 g/mol. The first kappa shape index (κ1) is 11.1. The van der Waals surface area contributed by atoms with E-state index < -0.39 is 0 Å². The monoisotopic (exact) mass is 222 g/mol. The molecular formula is C11H18N4O. The van der Waals surface area contributed by atoms with Gasteiger partial charge in [-0.15, -0.1) is 0 Å². The lowest BCUT2D eigenvalue weighted by Crippen LogP contribution is -2.53. The highest BCUT2D eigenvalue weighted by atomic mass is 16.2. The van der Waals surface area contributed by atoms with Crippen molar-refractivity contribution in [3.63, 3.8) is 0 Å². The van der Waals surface area contributed by atoms with Crippen molar-refractivity contribution in [1.82, 2.24) is 20.0 Å². The summed E-state index contributed by atoms with van der Waals surface area (Å²) in [7, 11) is 0. The highest BCUT2D eigenvalue weighted by Gasteiger charge is 2.27. The molecule has 16 heavy (non-hydrogen) atoms. The van der Waals surface area contributed by atoms with E-state index in [0.29, 0.717) is 0 Å². The second-order valence-electron chi connectivity index (χ2n) is 4.25. The van der Waals surface area contributed by atoms with Crippen LogP contribution in [0.5, 0.6) is 0 Å². The summed E-state index contributed by atoms with van der Waals surface area (Å²) in [4.78, 5) is 14.2. The van der Waals surface area contributed by atoms with Crippen LogP contribution in [0, 0.1) is 0 Å². The Hall–Kier alpha value is -1.36. The van der Waals surface area contributed by atoms with E-state index in [0.717, 1.165) is 19.6 Å². The summed E-state index contributed by atoms with van der Waals surface area (Å²) in [6.45, 7) is 6.50. The van der Waals surface area contributed by atoms with E-state index in [4.69, 9.17) is 0 Å². The fourth-order valence-electron chi connectivity index (χ4n) is 2.03. The molecule has 1 amide bonds. The third-order valence-corrected chi connectivity index (χ3v) is 3.06. The fraction of sp³-hybridized carbons (Fsp3) is 0.636. The molecule has 5 nitrogen and oxygen atoms in total. The van der Waals surface area contributed by atoms with E-state index in [1.54, 1.807) is 10.9 Å². The van der Waals surface area contributed by atoms with Gasteiger partial charge in [-0.3, -0.25) is 9.48 Å². The summed E-state index contributed by atoms with van der Waals surface area (Å²) in [5.41, 5.74) is 0. The van der Waals surface area contributed by atoms with Crippen molar-refractivity contribution >= 4 is 5.91 Å². The summed E-state index contributed by atoms with van der Waals surface area (Å²) in [6, 6.07) is 1.89. The van der Waals surface area contributed by atoms with E-state index in [1.807, 2.05) is 24.1 Å². The fourth-order valence-corrected chi connectivity index (χ4v) is 2.03. The molecule has 0 spiro atoms. The second-order valence-corrected chi connectivity index (χ2v) is 4.25. The van der Waals surface area contributed by atoms with Gasteiger partial charge in [-0.05, 0) is 19.9 Å². The number of piperazine rings is 1. The zero-order valence-corrected chi connectivity index (χ0v) is 9.76. The van der Waals surface area contributed by atoms with Gasteiger partial charge in [-0.1, -0.05) is 0 Å². The molecule has 0 bridgehead atoms. The third kappa shape index (κ3) is 2.09. The van der Waals surface area contributed by atoms with Crippen LogP contribution < -0.4 is 5.32 Å². The molecule has 0 radical (unpaired) electrons. The molecule has 0 saturated carbocycles. The smallest absolute Gasteiger partial charge is 0.247 e. The zero-order chi connectivity index (χ0) is 11.5. The average Bonchev–Trinajstić information content (AvgIpc) is 2.81. The number of hydrogen-bond donors (Lipinski definition) is 1. The maximum atomic E-state index is 12.2. The number of rotatable bonds is 2. The Labute approximate surface area is 95.4 Å². The summed E-state index contributed by atoms with van der Waals surface area (Å²) < 4.78 is 1.71. The SMILES string of the molecule is CC1CNCCN1C(=O)C(C)n1cccn1. The first-order valence-electron chi connectivity index (χ1n) is 5.70. The summed E-state index contributed by atoms with van der Waals surface area (Å²) >= 11 is 0. The Kier molecular flexibility index (Phi) is 3.24. The lowest BCUT2D eigenvalue weighted by atomic mass is 10.2. The maximum absolute atomic E-state index is 12.2. The van der Waals surface area contributed by atoms with Gasteiger partial charge in [0.05, 0.1) is 0 Å². The van der Waals surface area contributed by atoms with Crippen molar-refractivity contribution < 1.29 is 4.79 Å². The number of nitrogens with zero attached hydrogens (tertiary/aromatic N) is 3. The molecule has 1 aliphatic heterocycles. The van der Waals surface area contributed by atoms with Crippen LogP contribution in [0.1, 0.15) is 19.9 Å². The Morgan fingerprint density at radius 3 is 3.06 bits per heavy atom. The molecule has 1 saturated heterocycles. The first-order valence-corrected chi connectivity index (χ1v) is 5.70. The van der Waals surface area contributed by atoms with Crippen LogP contribution in [0.3, 0.4) is 0 Å². The largest absolute Gasteiger partial charge is 0.336 e. The summed E-state index contributed by atoms with van der Waals surface area (Å²) in [5, 5.41) is 7.39. The number of carbonyl (C=O) groups is 1. The molecule has 1 N–H and O–H groups in total. The predicted octanol–water partition coefficient (Wildman–Crippen LogP) is 0.264. The number of amides is 1. The molecule has 88 valence electrons. The van der Waals surface area contributed by atoms with Gasteiger partial charge < -0.3 is 10.2 Å². The molecule has 1 aromatic rings. The summed E-state index contributed by atoms with van der Waals surface area (Å²) in [5.74, 6) is 0.151. The predicted molar refractivity (Wildman–Crippen MR) is 61.0 cm³/mol. The van der Waals surface area contributed by atoms with Crippen LogP contribution in [0.4, 0.5) is 0 Å². The van der Waals surface area contributed by atoms with Gasteiger partial charge in [-0.25, -0.2) is 0 Å². The van der Waals surface area contributed by atoms with Crippen molar-refractivity contribution in [2.45, 2.75) is 25.9 Å². The van der Waals surface area contributed by atoms with Crippen LogP contribution in [-0.2, 0) is 4.79 Å². The van der Waals surface area contributed by atoms with Crippen molar-refractivity contribution in [3.8, 4) is 0 Å². The Morgan fingerprint density at radius 2 is 2.44 bits per heavy atom. The Balaban J connectivity index is 2.06. The van der Waals surface area contributed by atoms with Crippen LogP contribution in [0.2, 0.25) is 0 Å². The van der Waals surface area contributed by atoms with Crippen molar-refractivity contribution in [1.29, 1.82) is 0 Å². The van der Waals surface area contributed by atoms with E-state index in [2.05, 4.69) is 17.3 Å². The Bertz CT molecular complexity index is 349. The van der Waals surface area contributed by atoms with Crippen LogP contribution >= 0.6 is 0 Å². The standard InChI is InChI=1S/C11H18N4O/c1-9-8-12-5-7-14(9)11(16)10(2)15-6-3-4-13-15/h3-4,6,9-10,12H,5,7-8H2,1-2H3. The normalized spacial score (nSPS) is 23.1. The van der Waals surface area contributed by atoms with Gasteiger partial charge in [0.15, 0.2) is 0 Å². The highest BCUT2D eigenvalue weighted by molar-refractivity contribution is 5.80. The lowest BCUT2D eigenvalue weighted by Gasteiger charge is -2.35. The Morgan fingerprint density at radius 1 is 1.62 bits per heavy atom. The van der Waals surface area contributed by atoms with E-state index in [-0.39, 0.29) is 18.0 Å². The van der Waals surface area contributed by atoms with Crippen LogP contribution in [0.25, 0.3) is 0 Å². The average molecular weight is 222 g/mol. The van der Waals surface area contributed by atoms with Crippen molar-refractivity contribution in [2.24, 2.45) is 0 Å².